The maximum absolute atomic E-state index is 12.5. The summed E-state index contributed by atoms with van der Waals surface area (Å²) in [6.45, 7) is 5.02. The molecule has 1 nitrogen and oxygen atoms in total. The third-order valence-corrected chi connectivity index (χ3v) is 8.16. The van der Waals surface area contributed by atoms with E-state index in [9.17, 15) is 4.79 Å². The van der Waals surface area contributed by atoms with Crippen LogP contribution in [0.15, 0.2) is 0 Å². The number of fused-ring (bicyclic) bond motifs is 5. The SMILES string of the molecule is C[C@]12CCC(=O)[C@@H]1[C@@H]1CC[C@H]3CCCC[C@]3(C)[C@@H]1CC2. The van der Waals surface area contributed by atoms with Gasteiger partial charge in [0.2, 0.25) is 0 Å². The molecular weight excluding hydrogens is 244 g/mol. The van der Waals surface area contributed by atoms with Crippen LogP contribution in [0, 0.1) is 34.5 Å². The Morgan fingerprint density at radius 1 is 0.950 bits per heavy atom. The Morgan fingerprint density at radius 3 is 2.65 bits per heavy atom. The Hall–Kier alpha value is -0.330. The van der Waals surface area contributed by atoms with E-state index in [0.717, 1.165) is 24.2 Å². The van der Waals surface area contributed by atoms with Gasteiger partial charge in [-0.25, -0.2) is 0 Å². The van der Waals surface area contributed by atoms with Crippen LogP contribution in [0.1, 0.15) is 78.1 Å². The van der Waals surface area contributed by atoms with Gasteiger partial charge in [-0.15, -0.1) is 0 Å². The first-order valence-corrected chi connectivity index (χ1v) is 9.07. The third-order valence-electron chi connectivity index (χ3n) is 8.16. The van der Waals surface area contributed by atoms with Crippen LogP contribution in [0.3, 0.4) is 0 Å². The molecule has 4 saturated carbocycles. The van der Waals surface area contributed by atoms with E-state index in [1.54, 1.807) is 0 Å². The highest BCUT2D eigenvalue weighted by Crippen LogP contribution is 2.65. The van der Waals surface area contributed by atoms with Crippen LogP contribution in [0.25, 0.3) is 0 Å². The van der Waals surface area contributed by atoms with E-state index in [0.29, 0.717) is 22.5 Å². The average Bonchev–Trinajstić information content (AvgIpc) is 2.74. The van der Waals surface area contributed by atoms with Gasteiger partial charge in [0.25, 0.3) is 0 Å². The molecule has 0 unspecified atom stereocenters. The minimum atomic E-state index is 0.371. The van der Waals surface area contributed by atoms with Gasteiger partial charge in [0.1, 0.15) is 5.78 Å². The molecule has 1 heteroatoms. The molecule has 0 amide bonds. The van der Waals surface area contributed by atoms with Crippen molar-refractivity contribution in [1.29, 1.82) is 0 Å². The molecule has 4 rings (SSSR count). The molecule has 0 aromatic rings. The second-order valence-electron chi connectivity index (χ2n) is 8.93. The lowest BCUT2D eigenvalue weighted by molar-refractivity contribution is -0.138. The van der Waals surface area contributed by atoms with E-state index in [4.69, 9.17) is 0 Å². The summed E-state index contributed by atoms with van der Waals surface area (Å²) < 4.78 is 0. The zero-order valence-electron chi connectivity index (χ0n) is 13.3. The van der Waals surface area contributed by atoms with Crippen molar-refractivity contribution >= 4 is 5.78 Å². The molecule has 0 N–H and O–H groups in total. The van der Waals surface area contributed by atoms with Crippen LogP contribution in [-0.2, 0) is 4.79 Å². The molecule has 0 bridgehead atoms. The predicted molar refractivity (Wildman–Crippen MR) is 81.4 cm³/mol. The second kappa shape index (κ2) is 4.34. The van der Waals surface area contributed by atoms with Crippen molar-refractivity contribution in [2.24, 2.45) is 34.5 Å². The number of Topliss-reactive ketones (excluding diaryl/α,β-unsaturated/α-hetero) is 1. The molecule has 0 radical (unpaired) electrons. The zero-order valence-corrected chi connectivity index (χ0v) is 13.3. The fourth-order valence-corrected chi connectivity index (χ4v) is 7.05. The third kappa shape index (κ3) is 1.64. The molecular formula is C19H30O. The van der Waals surface area contributed by atoms with E-state index in [2.05, 4.69) is 13.8 Å². The smallest absolute Gasteiger partial charge is 0.136 e. The fraction of sp³-hybridized carbons (Fsp3) is 0.947. The molecule has 112 valence electrons. The largest absolute Gasteiger partial charge is 0.299 e. The number of hydrogen-bond acceptors (Lipinski definition) is 1. The van der Waals surface area contributed by atoms with Gasteiger partial charge in [0.15, 0.2) is 0 Å². The average molecular weight is 274 g/mol. The van der Waals surface area contributed by atoms with Crippen LogP contribution < -0.4 is 0 Å². The van der Waals surface area contributed by atoms with E-state index >= 15 is 0 Å². The normalized spacial score (nSPS) is 55.0. The Labute approximate surface area is 123 Å². The van der Waals surface area contributed by atoms with Gasteiger partial charge < -0.3 is 0 Å². The van der Waals surface area contributed by atoms with Gasteiger partial charge >= 0.3 is 0 Å². The topological polar surface area (TPSA) is 17.1 Å². The molecule has 0 heterocycles. The van der Waals surface area contributed by atoms with Gasteiger partial charge in [-0.2, -0.15) is 0 Å². The lowest BCUT2D eigenvalue weighted by atomic mass is 9.45. The van der Waals surface area contributed by atoms with E-state index in [-0.39, 0.29) is 0 Å². The highest BCUT2D eigenvalue weighted by molar-refractivity contribution is 5.84. The zero-order chi connectivity index (χ0) is 14.0. The quantitative estimate of drug-likeness (QED) is 0.608. The van der Waals surface area contributed by atoms with Gasteiger partial charge in [0.05, 0.1) is 0 Å². The van der Waals surface area contributed by atoms with Crippen molar-refractivity contribution < 1.29 is 4.79 Å². The van der Waals surface area contributed by atoms with Crippen molar-refractivity contribution in [3.63, 3.8) is 0 Å². The molecule has 4 aliphatic carbocycles. The second-order valence-corrected chi connectivity index (χ2v) is 8.93. The number of ketones is 1. The van der Waals surface area contributed by atoms with Crippen molar-refractivity contribution in [2.45, 2.75) is 78.1 Å². The highest BCUT2D eigenvalue weighted by Gasteiger charge is 2.59. The number of carbonyl (C=O) groups is 1. The molecule has 0 aromatic heterocycles. The summed E-state index contributed by atoms with van der Waals surface area (Å²) in [5.74, 6) is 3.63. The van der Waals surface area contributed by atoms with Gasteiger partial charge in [-0.3, -0.25) is 4.79 Å². The van der Waals surface area contributed by atoms with Crippen LogP contribution in [0.5, 0.6) is 0 Å². The standard InChI is InChI=1S/C19H30O/c1-18-11-8-15-14(17(18)16(20)9-12-18)7-6-13-5-3-4-10-19(13,15)2/h13-15,17H,3-12H2,1-2H3/t13-,14-,15-,17+,18+,19+/m1/s1. The maximum Gasteiger partial charge on any atom is 0.136 e. The molecule has 6 atom stereocenters. The summed E-state index contributed by atoms with van der Waals surface area (Å²) in [6.07, 6.45) is 13.4. The molecule has 4 fully saturated rings. The van der Waals surface area contributed by atoms with Crippen LogP contribution in [-0.4, -0.2) is 5.78 Å². The van der Waals surface area contributed by atoms with Crippen LogP contribution >= 0.6 is 0 Å². The monoisotopic (exact) mass is 274 g/mol. The van der Waals surface area contributed by atoms with Crippen LogP contribution in [0.4, 0.5) is 0 Å². The summed E-state index contributed by atoms with van der Waals surface area (Å²) in [5.41, 5.74) is 0.946. The summed E-state index contributed by atoms with van der Waals surface area (Å²) >= 11 is 0. The predicted octanol–water partition coefficient (Wildman–Crippen LogP) is 4.99. The number of hydrogen-bond donors (Lipinski definition) is 0. The van der Waals surface area contributed by atoms with Gasteiger partial charge in [-0.1, -0.05) is 26.7 Å². The lowest BCUT2D eigenvalue weighted by Gasteiger charge is -2.59. The lowest BCUT2D eigenvalue weighted by Crippen LogP contribution is -2.53. The van der Waals surface area contributed by atoms with E-state index in [1.807, 2.05) is 0 Å². The number of carbonyl (C=O) groups excluding carboxylic acids is 1. The molecule has 4 aliphatic rings. The maximum atomic E-state index is 12.5. The molecule has 0 saturated heterocycles. The minimum Gasteiger partial charge on any atom is -0.299 e. The summed E-state index contributed by atoms with van der Waals surface area (Å²) in [6, 6.07) is 0. The summed E-state index contributed by atoms with van der Waals surface area (Å²) in [4.78, 5) is 12.5. The van der Waals surface area contributed by atoms with Crippen molar-refractivity contribution in [2.75, 3.05) is 0 Å². The Kier molecular flexibility index (Phi) is 2.89. The minimum absolute atomic E-state index is 0.371. The summed E-state index contributed by atoms with van der Waals surface area (Å²) in [5, 5.41) is 0. The van der Waals surface area contributed by atoms with Crippen molar-refractivity contribution in [3.8, 4) is 0 Å². The van der Waals surface area contributed by atoms with E-state index in [1.165, 1.54) is 57.8 Å². The summed E-state index contributed by atoms with van der Waals surface area (Å²) in [7, 11) is 0. The Balaban J connectivity index is 1.68. The molecule has 0 aromatic carbocycles. The molecule has 0 aliphatic heterocycles. The van der Waals surface area contributed by atoms with Gasteiger partial charge in [-0.05, 0) is 73.5 Å². The van der Waals surface area contributed by atoms with Crippen molar-refractivity contribution in [3.05, 3.63) is 0 Å². The number of rotatable bonds is 0. The van der Waals surface area contributed by atoms with E-state index < -0.39 is 0 Å². The fourth-order valence-electron chi connectivity index (χ4n) is 7.05. The first-order valence-electron chi connectivity index (χ1n) is 9.07. The van der Waals surface area contributed by atoms with Gasteiger partial charge in [0, 0.05) is 12.3 Å². The molecule has 20 heavy (non-hydrogen) atoms. The van der Waals surface area contributed by atoms with Crippen molar-refractivity contribution in [1.82, 2.24) is 0 Å². The first kappa shape index (κ1) is 13.3. The van der Waals surface area contributed by atoms with Crippen LogP contribution in [0.2, 0.25) is 0 Å². The first-order chi connectivity index (χ1) is 9.55. The molecule has 0 spiro atoms. The highest BCUT2D eigenvalue weighted by atomic mass is 16.1. The Bertz CT molecular complexity index is 427. The Morgan fingerprint density at radius 2 is 1.80 bits per heavy atom.